The zero-order valence-corrected chi connectivity index (χ0v) is 9.36. The van der Waals surface area contributed by atoms with Crippen LogP contribution in [0.2, 0.25) is 0 Å². The molecule has 0 amide bonds. The summed E-state index contributed by atoms with van der Waals surface area (Å²) in [6.45, 7) is 3.76. The molecular formula is C13H13NO2. The Morgan fingerprint density at radius 2 is 2.06 bits per heavy atom. The highest BCUT2D eigenvalue weighted by Gasteiger charge is 2.07. The first-order valence-corrected chi connectivity index (χ1v) is 4.93. The molecule has 0 saturated heterocycles. The SMILES string of the molecule is C=Cc1cc2c(OC)nccc2cc1OC. The van der Waals surface area contributed by atoms with E-state index in [1.165, 1.54) is 0 Å². The second kappa shape index (κ2) is 4.23. The Balaban J connectivity index is 2.77. The van der Waals surface area contributed by atoms with Gasteiger partial charge in [0.2, 0.25) is 5.88 Å². The molecule has 0 fully saturated rings. The fourth-order valence-corrected chi connectivity index (χ4v) is 1.69. The van der Waals surface area contributed by atoms with E-state index >= 15 is 0 Å². The van der Waals surface area contributed by atoms with Gasteiger partial charge in [-0.15, -0.1) is 0 Å². The van der Waals surface area contributed by atoms with Crippen LogP contribution in [0.25, 0.3) is 16.8 Å². The highest BCUT2D eigenvalue weighted by atomic mass is 16.5. The van der Waals surface area contributed by atoms with Crippen molar-refractivity contribution >= 4 is 16.8 Å². The van der Waals surface area contributed by atoms with Crippen molar-refractivity contribution in [3.05, 3.63) is 36.5 Å². The molecule has 1 heterocycles. The number of ether oxygens (including phenoxy) is 2. The molecule has 3 heteroatoms. The van der Waals surface area contributed by atoms with Crippen molar-refractivity contribution in [3.8, 4) is 11.6 Å². The largest absolute Gasteiger partial charge is 0.496 e. The summed E-state index contributed by atoms with van der Waals surface area (Å²) in [5, 5.41) is 2.00. The van der Waals surface area contributed by atoms with Crippen LogP contribution in [0.1, 0.15) is 5.56 Å². The Morgan fingerprint density at radius 1 is 1.25 bits per heavy atom. The van der Waals surface area contributed by atoms with Crippen molar-refractivity contribution in [1.29, 1.82) is 0 Å². The highest BCUT2D eigenvalue weighted by Crippen LogP contribution is 2.30. The third-order valence-electron chi connectivity index (χ3n) is 2.49. The summed E-state index contributed by atoms with van der Waals surface area (Å²) in [5.41, 5.74) is 0.932. The van der Waals surface area contributed by atoms with Gasteiger partial charge in [0.05, 0.1) is 14.2 Å². The predicted octanol–water partition coefficient (Wildman–Crippen LogP) is 2.90. The molecule has 0 atom stereocenters. The zero-order chi connectivity index (χ0) is 11.5. The molecule has 0 aliphatic heterocycles. The standard InChI is InChI=1S/C13H13NO2/c1-4-9-7-11-10(8-12(9)15-2)5-6-14-13(11)16-3/h4-8H,1H2,2-3H3. The minimum absolute atomic E-state index is 0.614. The quantitative estimate of drug-likeness (QED) is 0.788. The normalized spacial score (nSPS) is 10.1. The Bertz CT molecular complexity index is 535. The van der Waals surface area contributed by atoms with Gasteiger partial charge in [-0.1, -0.05) is 12.7 Å². The molecule has 82 valence electrons. The molecule has 3 nitrogen and oxygen atoms in total. The van der Waals surface area contributed by atoms with Gasteiger partial charge in [0.15, 0.2) is 0 Å². The molecule has 1 aromatic carbocycles. The van der Waals surface area contributed by atoms with Crippen LogP contribution in [-0.4, -0.2) is 19.2 Å². The fourth-order valence-electron chi connectivity index (χ4n) is 1.69. The molecule has 0 aliphatic carbocycles. The van der Waals surface area contributed by atoms with Crippen molar-refractivity contribution in [2.45, 2.75) is 0 Å². The van der Waals surface area contributed by atoms with E-state index in [9.17, 15) is 0 Å². The maximum absolute atomic E-state index is 5.29. The zero-order valence-electron chi connectivity index (χ0n) is 9.36. The summed E-state index contributed by atoms with van der Waals surface area (Å²) in [4.78, 5) is 4.16. The van der Waals surface area contributed by atoms with Crippen LogP contribution in [0, 0.1) is 0 Å². The molecular weight excluding hydrogens is 202 g/mol. The van der Waals surface area contributed by atoms with E-state index in [0.29, 0.717) is 5.88 Å². The van der Waals surface area contributed by atoms with E-state index < -0.39 is 0 Å². The van der Waals surface area contributed by atoms with Crippen LogP contribution in [-0.2, 0) is 0 Å². The van der Waals surface area contributed by atoms with Crippen molar-refractivity contribution < 1.29 is 9.47 Å². The third kappa shape index (κ3) is 1.60. The highest BCUT2D eigenvalue weighted by molar-refractivity contribution is 5.90. The second-order valence-electron chi connectivity index (χ2n) is 3.34. The number of nitrogens with zero attached hydrogens (tertiary/aromatic N) is 1. The van der Waals surface area contributed by atoms with Gasteiger partial charge in [-0.05, 0) is 23.6 Å². The van der Waals surface area contributed by atoms with Gasteiger partial charge in [0.1, 0.15) is 5.75 Å². The van der Waals surface area contributed by atoms with Crippen LogP contribution < -0.4 is 9.47 Å². The number of aromatic nitrogens is 1. The first kappa shape index (κ1) is 10.5. The molecule has 0 aliphatic rings. The lowest BCUT2D eigenvalue weighted by molar-refractivity contribution is 0.403. The van der Waals surface area contributed by atoms with Crippen LogP contribution >= 0.6 is 0 Å². The maximum atomic E-state index is 5.29. The van der Waals surface area contributed by atoms with Gasteiger partial charge < -0.3 is 9.47 Å². The van der Waals surface area contributed by atoms with Crippen LogP contribution in [0.5, 0.6) is 11.6 Å². The van der Waals surface area contributed by atoms with Gasteiger partial charge in [-0.3, -0.25) is 0 Å². The van der Waals surface area contributed by atoms with Crippen LogP contribution in [0.3, 0.4) is 0 Å². The Hall–Kier alpha value is -2.03. The number of hydrogen-bond acceptors (Lipinski definition) is 3. The van der Waals surface area contributed by atoms with Gasteiger partial charge in [-0.2, -0.15) is 0 Å². The van der Waals surface area contributed by atoms with E-state index in [0.717, 1.165) is 22.1 Å². The molecule has 2 rings (SSSR count). The summed E-state index contributed by atoms with van der Waals surface area (Å²) in [6.07, 6.45) is 3.47. The maximum Gasteiger partial charge on any atom is 0.221 e. The minimum atomic E-state index is 0.614. The molecule has 2 aromatic rings. The molecule has 0 N–H and O–H groups in total. The minimum Gasteiger partial charge on any atom is -0.496 e. The number of benzene rings is 1. The topological polar surface area (TPSA) is 31.4 Å². The summed E-state index contributed by atoms with van der Waals surface area (Å²) in [6, 6.07) is 5.84. The number of pyridine rings is 1. The van der Waals surface area contributed by atoms with Crippen molar-refractivity contribution in [2.24, 2.45) is 0 Å². The average molecular weight is 215 g/mol. The lowest BCUT2D eigenvalue weighted by Gasteiger charge is -2.09. The number of rotatable bonds is 3. The van der Waals surface area contributed by atoms with Gasteiger partial charge in [0, 0.05) is 17.1 Å². The summed E-state index contributed by atoms with van der Waals surface area (Å²) in [7, 11) is 3.26. The van der Waals surface area contributed by atoms with Gasteiger partial charge >= 0.3 is 0 Å². The predicted molar refractivity (Wildman–Crippen MR) is 64.9 cm³/mol. The van der Waals surface area contributed by atoms with E-state index in [4.69, 9.17) is 9.47 Å². The molecule has 0 saturated carbocycles. The average Bonchev–Trinajstić information content (AvgIpc) is 2.36. The first-order chi connectivity index (χ1) is 7.80. The smallest absolute Gasteiger partial charge is 0.221 e. The Labute approximate surface area is 94.3 Å². The lowest BCUT2D eigenvalue weighted by Crippen LogP contribution is -1.91. The number of fused-ring (bicyclic) bond motifs is 1. The van der Waals surface area contributed by atoms with Crippen LogP contribution in [0.15, 0.2) is 31.0 Å². The summed E-state index contributed by atoms with van der Waals surface area (Å²) < 4.78 is 10.5. The Morgan fingerprint density at radius 3 is 2.69 bits per heavy atom. The Kier molecular flexibility index (Phi) is 2.77. The molecule has 16 heavy (non-hydrogen) atoms. The van der Waals surface area contributed by atoms with E-state index in [2.05, 4.69) is 11.6 Å². The van der Waals surface area contributed by atoms with Gasteiger partial charge in [0.25, 0.3) is 0 Å². The van der Waals surface area contributed by atoms with Crippen molar-refractivity contribution in [2.75, 3.05) is 14.2 Å². The first-order valence-electron chi connectivity index (χ1n) is 4.93. The second-order valence-corrected chi connectivity index (χ2v) is 3.34. The molecule has 0 radical (unpaired) electrons. The van der Waals surface area contributed by atoms with Gasteiger partial charge in [-0.25, -0.2) is 4.98 Å². The summed E-state index contributed by atoms with van der Waals surface area (Å²) >= 11 is 0. The molecule has 0 spiro atoms. The molecule has 0 bridgehead atoms. The van der Waals surface area contributed by atoms with Crippen LogP contribution in [0.4, 0.5) is 0 Å². The van der Waals surface area contributed by atoms with E-state index in [1.807, 2.05) is 18.2 Å². The summed E-state index contributed by atoms with van der Waals surface area (Å²) in [5.74, 6) is 1.42. The molecule has 0 unspecified atom stereocenters. The van der Waals surface area contributed by atoms with E-state index in [1.54, 1.807) is 26.5 Å². The third-order valence-corrected chi connectivity index (χ3v) is 2.49. The monoisotopic (exact) mass is 215 g/mol. The van der Waals surface area contributed by atoms with Crippen molar-refractivity contribution in [1.82, 2.24) is 4.98 Å². The number of methoxy groups -OCH3 is 2. The fraction of sp³-hybridized carbons (Fsp3) is 0.154. The molecule has 1 aromatic heterocycles. The van der Waals surface area contributed by atoms with Crippen molar-refractivity contribution in [3.63, 3.8) is 0 Å². The lowest BCUT2D eigenvalue weighted by atomic mass is 10.1. The van der Waals surface area contributed by atoms with E-state index in [-0.39, 0.29) is 0 Å². The number of hydrogen-bond donors (Lipinski definition) is 0.